The third kappa shape index (κ3) is 3.27. The molecule has 0 atom stereocenters. The van der Waals surface area contributed by atoms with Gasteiger partial charge in [0.15, 0.2) is 0 Å². The van der Waals surface area contributed by atoms with E-state index in [2.05, 4.69) is 41.7 Å². The summed E-state index contributed by atoms with van der Waals surface area (Å²) in [6, 6.07) is 8.99. The van der Waals surface area contributed by atoms with Crippen LogP contribution in [0.5, 0.6) is 5.75 Å². The fourth-order valence-corrected chi connectivity index (χ4v) is 3.01. The standard InChI is InChI=1S/C17H23N3O/c1-13-11-19-20(12-13)8-7-18-15-9-14(10-15)16-5-3-4-6-17(16)21-2/h3-6,11-12,14-15,18H,7-10H2,1-2H3. The van der Waals surface area contributed by atoms with Crippen molar-refractivity contribution in [2.45, 2.75) is 38.3 Å². The van der Waals surface area contributed by atoms with Gasteiger partial charge in [-0.05, 0) is 42.9 Å². The van der Waals surface area contributed by atoms with E-state index in [-0.39, 0.29) is 0 Å². The van der Waals surface area contributed by atoms with Gasteiger partial charge >= 0.3 is 0 Å². The van der Waals surface area contributed by atoms with Crippen LogP contribution < -0.4 is 10.1 Å². The molecule has 1 aliphatic rings. The monoisotopic (exact) mass is 285 g/mol. The van der Waals surface area contributed by atoms with E-state index >= 15 is 0 Å². The summed E-state index contributed by atoms with van der Waals surface area (Å²) in [6.07, 6.45) is 6.37. The predicted molar refractivity (Wildman–Crippen MR) is 83.7 cm³/mol. The number of hydrogen-bond donors (Lipinski definition) is 1. The second kappa shape index (κ2) is 6.31. The highest BCUT2D eigenvalue weighted by molar-refractivity contribution is 5.37. The molecule has 3 rings (SSSR count). The van der Waals surface area contributed by atoms with E-state index in [1.807, 2.05) is 16.9 Å². The Balaban J connectivity index is 1.43. The fraction of sp³-hybridized carbons (Fsp3) is 0.471. The molecule has 0 saturated heterocycles. The number of aryl methyl sites for hydroxylation is 1. The first-order valence-corrected chi connectivity index (χ1v) is 7.61. The average Bonchev–Trinajstić information content (AvgIpc) is 2.87. The Morgan fingerprint density at radius 3 is 2.86 bits per heavy atom. The van der Waals surface area contributed by atoms with Gasteiger partial charge in [0.25, 0.3) is 0 Å². The van der Waals surface area contributed by atoms with E-state index in [0.717, 1.165) is 18.8 Å². The molecule has 1 N–H and O–H groups in total. The lowest BCUT2D eigenvalue weighted by Crippen LogP contribution is -2.41. The van der Waals surface area contributed by atoms with Crippen LogP contribution in [0, 0.1) is 6.92 Å². The molecule has 0 bridgehead atoms. The molecule has 21 heavy (non-hydrogen) atoms. The third-order valence-electron chi connectivity index (χ3n) is 4.25. The summed E-state index contributed by atoms with van der Waals surface area (Å²) >= 11 is 0. The second-order valence-electron chi connectivity index (χ2n) is 5.84. The van der Waals surface area contributed by atoms with Crippen LogP contribution in [0.25, 0.3) is 0 Å². The van der Waals surface area contributed by atoms with E-state index in [1.165, 1.54) is 24.0 Å². The molecular weight excluding hydrogens is 262 g/mol. The fourth-order valence-electron chi connectivity index (χ4n) is 3.01. The molecule has 4 nitrogen and oxygen atoms in total. The number of benzene rings is 1. The SMILES string of the molecule is COc1ccccc1C1CC(NCCn2cc(C)cn2)C1. The summed E-state index contributed by atoms with van der Waals surface area (Å²) in [6.45, 7) is 3.98. The lowest BCUT2D eigenvalue weighted by molar-refractivity contribution is 0.279. The Morgan fingerprint density at radius 1 is 1.33 bits per heavy atom. The number of methoxy groups -OCH3 is 1. The van der Waals surface area contributed by atoms with Crippen LogP contribution >= 0.6 is 0 Å². The minimum atomic E-state index is 0.622. The normalized spacial score (nSPS) is 21.0. The molecule has 1 aromatic carbocycles. The number of para-hydroxylation sites is 1. The largest absolute Gasteiger partial charge is 0.496 e. The Kier molecular flexibility index (Phi) is 4.25. The molecule has 0 amide bonds. The van der Waals surface area contributed by atoms with Crippen LogP contribution in [0.2, 0.25) is 0 Å². The van der Waals surface area contributed by atoms with Gasteiger partial charge in [0.05, 0.1) is 19.9 Å². The van der Waals surface area contributed by atoms with Crippen molar-refractivity contribution in [2.75, 3.05) is 13.7 Å². The van der Waals surface area contributed by atoms with Gasteiger partial charge in [-0.2, -0.15) is 5.10 Å². The number of aromatic nitrogens is 2. The number of ether oxygens (including phenoxy) is 1. The lowest BCUT2D eigenvalue weighted by atomic mass is 9.75. The zero-order valence-corrected chi connectivity index (χ0v) is 12.7. The highest BCUT2D eigenvalue weighted by Gasteiger charge is 2.31. The summed E-state index contributed by atoms with van der Waals surface area (Å²) in [4.78, 5) is 0. The summed E-state index contributed by atoms with van der Waals surface area (Å²) in [7, 11) is 1.75. The number of rotatable bonds is 6. The Morgan fingerprint density at radius 2 is 2.14 bits per heavy atom. The van der Waals surface area contributed by atoms with Crippen LogP contribution in [0.1, 0.15) is 29.9 Å². The third-order valence-corrected chi connectivity index (χ3v) is 4.25. The number of nitrogens with zero attached hydrogens (tertiary/aromatic N) is 2. The van der Waals surface area contributed by atoms with Gasteiger partial charge in [-0.3, -0.25) is 4.68 Å². The molecule has 1 aromatic heterocycles. The van der Waals surface area contributed by atoms with Crippen LogP contribution in [0.3, 0.4) is 0 Å². The molecule has 112 valence electrons. The van der Waals surface area contributed by atoms with Gasteiger partial charge in [0.1, 0.15) is 5.75 Å². The molecule has 0 unspecified atom stereocenters. The molecule has 0 spiro atoms. The number of hydrogen-bond acceptors (Lipinski definition) is 3. The Hall–Kier alpha value is -1.81. The molecular formula is C17H23N3O. The van der Waals surface area contributed by atoms with Crippen LogP contribution in [0.15, 0.2) is 36.7 Å². The van der Waals surface area contributed by atoms with Crippen molar-refractivity contribution in [3.63, 3.8) is 0 Å². The average molecular weight is 285 g/mol. The van der Waals surface area contributed by atoms with E-state index < -0.39 is 0 Å². The highest BCUT2D eigenvalue weighted by Crippen LogP contribution is 2.40. The molecule has 4 heteroatoms. The van der Waals surface area contributed by atoms with E-state index in [4.69, 9.17) is 4.74 Å². The van der Waals surface area contributed by atoms with Crippen molar-refractivity contribution < 1.29 is 4.74 Å². The quantitative estimate of drug-likeness (QED) is 0.887. The molecule has 1 fully saturated rings. The Labute approximate surface area is 126 Å². The maximum atomic E-state index is 5.45. The first-order chi connectivity index (χ1) is 10.3. The number of nitrogens with one attached hydrogen (secondary N) is 1. The van der Waals surface area contributed by atoms with Gasteiger partial charge in [0, 0.05) is 18.8 Å². The first-order valence-electron chi connectivity index (χ1n) is 7.61. The maximum absolute atomic E-state index is 5.45. The van der Waals surface area contributed by atoms with Crippen molar-refractivity contribution >= 4 is 0 Å². The van der Waals surface area contributed by atoms with Crippen LogP contribution in [-0.4, -0.2) is 29.5 Å². The van der Waals surface area contributed by atoms with Gasteiger partial charge in [-0.25, -0.2) is 0 Å². The molecule has 2 aromatic rings. The van der Waals surface area contributed by atoms with E-state index in [9.17, 15) is 0 Å². The molecule has 0 radical (unpaired) electrons. The molecule has 1 aliphatic carbocycles. The van der Waals surface area contributed by atoms with Crippen LogP contribution in [-0.2, 0) is 6.54 Å². The van der Waals surface area contributed by atoms with Crippen molar-refractivity contribution in [1.82, 2.24) is 15.1 Å². The van der Waals surface area contributed by atoms with Crippen molar-refractivity contribution in [1.29, 1.82) is 0 Å². The smallest absolute Gasteiger partial charge is 0.122 e. The summed E-state index contributed by atoms with van der Waals surface area (Å²) in [5, 5.41) is 7.91. The van der Waals surface area contributed by atoms with Crippen molar-refractivity contribution in [2.24, 2.45) is 0 Å². The topological polar surface area (TPSA) is 39.1 Å². The van der Waals surface area contributed by atoms with Gasteiger partial charge in [-0.15, -0.1) is 0 Å². The molecule has 0 aliphatic heterocycles. The molecule has 1 heterocycles. The summed E-state index contributed by atoms with van der Waals surface area (Å²) < 4.78 is 7.45. The minimum Gasteiger partial charge on any atom is -0.496 e. The maximum Gasteiger partial charge on any atom is 0.122 e. The van der Waals surface area contributed by atoms with Gasteiger partial charge in [-0.1, -0.05) is 18.2 Å². The summed E-state index contributed by atoms with van der Waals surface area (Å²) in [5.41, 5.74) is 2.57. The Bertz CT molecular complexity index is 587. The van der Waals surface area contributed by atoms with Crippen LogP contribution in [0.4, 0.5) is 0 Å². The second-order valence-corrected chi connectivity index (χ2v) is 5.84. The zero-order chi connectivity index (χ0) is 14.7. The van der Waals surface area contributed by atoms with Crippen molar-refractivity contribution in [3.8, 4) is 5.75 Å². The van der Waals surface area contributed by atoms with Crippen molar-refractivity contribution in [3.05, 3.63) is 47.8 Å². The van der Waals surface area contributed by atoms with E-state index in [0.29, 0.717) is 12.0 Å². The van der Waals surface area contributed by atoms with E-state index in [1.54, 1.807) is 7.11 Å². The molecule has 1 saturated carbocycles. The summed E-state index contributed by atoms with van der Waals surface area (Å²) in [5.74, 6) is 1.65. The predicted octanol–water partition coefficient (Wildman–Crippen LogP) is 2.74. The first kappa shape index (κ1) is 14.1. The lowest BCUT2D eigenvalue weighted by Gasteiger charge is -2.37. The van der Waals surface area contributed by atoms with Gasteiger partial charge in [0.2, 0.25) is 0 Å². The highest BCUT2D eigenvalue weighted by atomic mass is 16.5. The minimum absolute atomic E-state index is 0.622. The zero-order valence-electron chi connectivity index (χ0n) is 12.7. The van der Waals surface area contributed by atoms with Gasteiger partial charge < -0.3 is 10.1 Å².